The summed E-state index contributed by atoms with van der Waals surface area (Å²) in [6.07, 6.45) is 4.92. The summed E-state index contributed by atoms with van der Waals surface area (Å²) in [6.45, 7) is 1.94. The summed E-state index contributed by atoms with van der Waals surface area (Å²) >= 11 is 0. The van der Waals surface area contributed by atoms with Crippen LogP contribution >= 0.6 is 0 Å². The number of carbonyl (C=O) groups is 1. The number of anilines is 2. The van der Waals surface area contributed by atoms with Gasteiger partial charge in [-0.05, 0) is 30.7 Å². The highest BCUT2D eigenvalue weighted by Crippen LogP contribution is 2.06. The van der Waals surface area contributed by atoms with E-state index in [1.54, 1.807) is 36.8 Å². The Morgan fingerprint density at radius 1 is 1.12 bits per heavy atom. The molecule has 0 aromatic carbocycles. The number of hydrogen-bond donors (Lipinski definition) is 2. The van der Waals surface area contributed by atoms with Crippen molar-refractivity contribution in [2.24, 2.45) is 0 Å². The minimum absolute atomic E-state index is 0.326. The van der Waals surface area contributed by atoms with Crippen molar-refractivity contribution in [2.45, 2.75) is 6.92 Å². The topological polar surface area (TPSA) is 66.9 Å². The van der Waals surface area contributed by atoms with Crippen LogP contribution in [0.15, 0.2) is 42.9 Å². The molecule has 5 nitrogen and oxygen atoms in total. The van der Waals surface area contributed by atoms with Gasteiger partial charge in [-0.15, -0.1) is 0 Å². The molecule has 2 aromatic rings. The number of amides is 2. The van der Waals surface area contributed by atoms with E-state index in [1.807, 2.05) is 13.0 Å². The van der Waals surface area contributed by atoms with E-state index < -0.39 is 0 Å². The van der Waals surface area contributed by atoms with Crippen LogP contribution in [0.4, 0.5) is 16.3 Å². The maximum atomic E-state index is 11.6. The third-order valence-electron chi connectivity index (χ3n) is 2.09. The summed E-state index contributed by atoms with van der Waals surface area (Å²) in [7, 11) is 0. The van der Waals surface area contributed by atoms with Crippen molar-refractivity contribution in [3.05, 3.63) is 48.4 Å². The number of nitrogens with zero attached hydrogens (tertiary/aromatic N) is 2. The SMILES string of the molecule is Cc1ccc(NC(=O)Nc2ccncc2)nc1. The Balaban J connectivity index is 1.96. The molecule has 5 heteroatoms. The summed E-state index contributed by atoms with van der Waals surface area (Å²) in [5.74, 6) is 0.516. The molecule has 0 radical (unpaired) electrons. The summed E-state index contributed by atoms with van der Waals surface area (Å²) in [5, 5.41) is 5.31. The minimum atomic E-state index is -0.326. The Bertz CT molecular complexity index is 496. The Morgan fingerprint density at radius 2 is 1.88 bits per heavy atom. The van der Waals surface area contributed by atoms with Gasteiger partial charge in [-0.1, -0.05) is 6.07 Å². The van der Waals surface area contributed by atoms with E-state index in [9.17, 15) is 4.79 Å². The Morgan fingerprint density at radius 3 is 2.53 bits per heavy atom. The fourth-order valence-corrected chi connectivity index (χ4v) is 1.26. The summed E-state index contributed by atoms with van der Waals surface area (Å²) in [6, 6.07) is 6.73. The monoisotopic (exact) mass is 228 g/mol. The molecular formula is C12H12N4O. The van der Waals surface area contributed by atoms with Gasteiger partial charge < -0.3 is 5.32 Å². The molecule has 0 aliphatic rings. The van der Waals surface area contributed by atoms with E-state index in [0.29, 0.717) is 11.5 Å². The average molecular weight is 228 g/mol. The number of aromatic nitrogens is 2. The Labute approximate surface area is 98.9 Å². The van der Waals surface area contributed by atoms with Gasteiger partial charge in [0.2, 0.25) is 0 Å². The maximum absolute atomic E-state index is 11.6. The van der Waals surface area contributed by atoms with Crippen LogP contribution in [0.5, 0.6) is 0 Å². The van der Waals surface area contributed by atoms with Crippen molar-refractivity contribution in [2.75, 3.05) is 10.6 Å². The van der Waals surface area contributed by atoms with Gasteiger partial charge in [0.25, 0.3) is 0 Å². The number of pyridine rings is 2. The molecule has 2 N–H and O–H groups in total. The number of carbonyl (C=O) groups excluding carboxylic acids is 1. The van der Waals surface area contributed by atoms with Gasteiger partial charge in [-0.25, -0.2) is 9.78 Å². The lowest BCUT2D eigenvalue weighted by Crippen LogP contribution is -2.19. The van der Waals surface area contributed by atoms with Gasteiger partial charge in [0.1, 0.15) is 5.82 Å². The van der Waals surface area contributed by atoms with Gasteiger partial charge in [-0.2, -0.15) is 0 Å². The second-order valence-corrected chi connectivity index (χ2v) is 3.54. The predicted molar refractivity (Wildman–Crippen MR) is 65.9 cm³/mol. The summed E-state index contributed by atoms with van der Waals surface area (Å²) < 4.78 is 0. The molecule has 0 unspecified atom stereocenters. The summed E-state index contributed by atoms with van der Waals surface area (Å²) in [4.78, 5) is 19.5. The fourth-order valence-electron chi connectivity index (χ4n) is 1.26. The van der Waals surface area contributed by atoms with E-state index >= 15 is 0 Å². The molecule has 86 valence electrons. The van der Waals surface area contributed by atoms with E-state index in [4.69, 9.17) is 0 Å². The van der Waals surface area contributed by atoms with Crippen LogP contribution in [-0.4, -0.2) is 16.0 Å². The highest BCUT2D eigenvalue weighted by atomic mass is 16.2. The van der Waals surface area contributed by atoms with Gasteiger partial charge in [0.05, 0.1) is 0 Å². The molecule has 0 bridgehead atoms. The Hall–Kier alpha value is -2.43. The highest BCUT2D eigenvalue weighted by Gasteiger charge is 2.02. The van der Waals surface area contributed by atoms with Crippen LogP contribution in [0.2, 0.25) is 0 Å². The molecule has 0 aliphatic carbocycles. The van der Waals surface area contributed by atoms with Gasteiger partial charge in [0.15, 0.2) is 0 Å². The molecule has 17 heavy (non-hydrogen) atoms. The maximum Gasteiger partial charge on any atom is 0.324 e. The van der Waals surface area contributed by atoms with Crippen molar-refractivity contribution >= 4 is 17.5 Å². The first-order chi connectivity index (χ1) is 8.24. The fraction of sp³-hybridized carbons (Fsp3) is 0.0833. The first kappa shape index (κ1) is 11.1. The van der Waals surface area contributed by atoms with Crippen LogP contribution in [0.3, 0.4) is 0 Å². The first-order valence-corrected chi connectivity index (χ1v) is 5.15. The van der Waals surface area contributed by atoms with Crippen molar-refractivity contribution in [3.8, 4) is 0 Å². The molecule has 2 aromatic heterocycles. The average Bonchev–Trinajstić information content (AvgIpc) is 2.33. The van der Waals surface area contributed by atoms with Gasteiger partial charge in [-0.3, -0.25) is 10.3 Å². The number of aryl methyl sites for hydroxylation is 1. The molecule has 0 atom stereocenters. The second-order valence-electron chi connectivity index (χ2n) is 3.54. The molecule has 2 rings (SSSR count). The zero-order valence-corrected chi connectivity index (χ0v) is 9.34. The van der Waals surface area contributed by atoms with Gasteiger partial charge in [0, 0.05) is 24.3 Å². The zero-order valence-electron chi connectivity index (χ0n) is 9.34. The number of nitrogens with one attached hydrogen (secondary N) is 2. The smallest absolute Gasteiger partial charge is 0.308 e. The molecule has 2 heterocycles. The lowest BCUT2D eigenvalue weighted by Gasteiger charge is -2.06. The van der Waals surface area contributed by atoms with Crippen LogP contribution in [0.25, 0.3) is 0 Å². The number of hydrogen-bond acceptors (Lipinski definition) is 3. The van der Waals surface area contributed by atoms with Crippen LogP contribution < -0.4 is 10.6 Å². The van der Waals surface area contributed by atoms with Gasteiger partial charge >= 0.3 is 6.03 Å². The number of urea groups is 1. The normalized spacial score (nSPS) is 9.71. The van der Waals surface area contributed by atoms with Crippen molar-refractivity contribution in [1.82, 2.24) is 9.97 Å². The zero-order chi connectivity index (χ0) is 12.1. The van der Waals surface area contributed by atoms with Crippen LogP contribution in [0.1, 0.15) is 5.56 Å². The molecule has 0 saturated heterocycles. The third kappa shape index (κ3) is 3.27. The molecule has 0 fully saturated rings. The summed E-state index contributed by atoms with van der Waals surface area (Å²) in [5.41, 5.74) is 1.73. The quantitative estimate of drug-likeness (QED) is 0.829. The van der Waals surface area contributed by atoms with E-state index in [0.717, 1.165) is 5.56 Å². The molecular weight excluding hydrogens is 216 g/mol. The lowest BCUT2D eigenvalue weighted by atomic mass is 10.3. The van der Waals surface area contributed by atoms with E-state index in [1.165, 1.54) is 0 Å². The van der Waals surface area contributed by atoms with E-state index in [2.05, 4.69) is 20.6 Å². The van der Waals surface area contributed by atoms with E-state index in [-0.39, 0.29) is 6.03 Å². The van der Waals surface area contributed by atoms with Crippen molar-refractivity contribution < 1.29 is 4.79 Å². The molecule has 0 saturated carbocycles. The first-order valence-electron chi connectivity index (χ1n) is 5.15. The number of rotatable bonds is 2. The molecule has 0 spiro atoms. The largest absolute Gasteiger partial charge is 0.324 e. The molecule has 2 amide bonds. The molecule has 0 aliphatic heterocycles. The standard InChI is InChI=1S/C12H12N4O/c1-9-2-3-11(14-8-9)16-12(17)15-10-4-6-13-7-5-10/h2-8H,1H3,(H2,13,14,15,16,17). The van der Waals surface area contributed by atoms with Crippen molar-refractivity contribution in [1.29, 1.82) is 0 Å². The van der Waals surface area contributed by atoms with Crippen molar-refractivity contribution in [3.63, 3.8) is 0 Å². The lowest BCUT2D eigenvalue weighted by molar-refractivity contribution is 0.262. The van der Waals surface area contributed by atoms with Crippen LogP contribution in [0, 0.1) is 6.92 Å². The minimum Gasteiger partial charge on any atom is -0.308 e. The predicted octanol–water partition coefficient (Wildman–Crippen LogP) is 2.43. The van der Waals surface area contributed by atoms with Crippen LogP contribution in [-0.2, 0) is 0 Å². The third-order valence-corrected chi connectivity index (χ3v) is 2.09. The second kappa shape index (κ2) is 5.07. The Kier molecular flexibility index (Phi) is 3.30. The highest BCUT2D eigenvalue weighted by molar-refractivity contribution is 5.99.